The van der Waals surface area contributed by atoms with Crippen molar-refractivity contribution in [1.29, 1.82) is 0 Å². The molecule has 2 aromatic carbocycles. The molecule has 0 radical (unpaired) electrons. The number of rotatable bonds is 5. The van der Waals surface area contributed by atoms with Crippen LogP contribution in [-0.2, 0) is 16.2 Å². The fourth-order valence-corrected chi connectivity index (χ4v) is 3.66. The second-order valence-corrected chi connectivity index (χ2v) is 8.11. The van der Waals surface area contributed by atoms with E-state index in [9.17, 15) is 26.4 Å². The van der Waals surface area contributed by atoms with E-state index >= 15 is 0 Å². The molecule has 1 aromatic heterocycles. The third kappa shape index (κ3) is 4.62. The van der Waals surface area contributed by atoms with Gasteiger partial charge in [0, 0.05) is 5.69 Å². The van der Waals surface area contributed by atoms with E-state index in [1.165, 1.54) is 31.2 Å². The van der Waals surface area contributed by atoms with Crippen LogP contribution >= 0.6 is 0 Å². The standard InChI is InChI=1S/C19H16F3N3O4S/c1-11-3-6-14(7-4-11)30(27,28)25-17-8-5-13(9-16(17)19(20,21)22)24-18(26)15-10-23-29-12(15)2/h3-10,25H,1-2H3,(H,24,26). The summed E-state index contributed by atoms with van der Waals surface area (Å²) < 4.78 is 72.4. The maximum absolute atomic E-state index is 13.6. The van der Waals surface area contributed by atoms with Crippen LogP contribution in [-0.4, -0.2) is 19.5 Å². The summed E-state index contributed by atoms with van der Waals surface area (Å²) in [5.74, 6) is -0.513. The topological polar surface area (TPSA) is 101 Å². The van der Waals surface area contributed by atoms with Crippen molar-refractivity contribution >= 4 is 27.3 Å². The van der Waals surface area contributed by atoms with Crippen molar-refractivity contribution in [3.05, 3.63) is 71.1 Å². The first-order chi connectivity index (χ1) is 14.0. The summed E-state index contributed by atoms with van der Waals surface area (Å²) in [4.78, 5) is 12.0. The van der Waals surface area contributed by atoms with E-state index in [1.54, 1.807) is 6.92 Å². The highest BCUT2D eigenvalue weighted by atomic mass is 32.2. The monoisotopic (exact) mass is 439 g/mol. The molecule has 30 heavy (non-hydrogen) atoms. The minimum atomic E-state index is -4.88. The Kier molecular flexibility index (Phi) is 5.57. The molecule has 0 bridgehead atoms. The number of halogens is 3. The number of carbonyl (C=O) groups is 1. The van der Waals surface area contributed by atoms with Crippen molar-refractivity contribution in [2.24, 2.45) is 0 Å². The quantitative estimate of drug-likeness (QED) is 0.615. The molecule has 7 nitrogen and oxygen atoms in total. The Morgan fingerprint density at radius 2 is 1.73 bits per heavy atom. The maximum atomic E-state index is 13.6. The zero-order valence-corrected chi connectivity index (χ0v) is 16.6. The van der Waals surface area contributed by atoms with Gasteiger partial charge in [-0.3, -0.25) is 9.52 Å². The van der Waals surface area contributed by atoms with E-state index < -0.39 is 33.4 Å². The highest BCUT2D eigenvalue weighted by Gasteiger charge is 2.35. The first-order valence-corrected chi connectivity index (χ1v) is 9.99. The van der Waals surface area contributed by atoms with Crippen LogP contribution in [0.4, 0.5) is 24.5 Å². The summed E-state index contributed by atoms with van der Waals surface area (Å²) in [6.45, 7) is 3.23. The lowest BCUT2D eigenvalue weighted by atomic mass is 10.1. The summed E-state index contributed by atoms with van der Waals surface area (Å²) in [6, 6.07) is 8.39. The Balaban J connectivity index is 1.93. The third-order valence-electron chi connectivity index (χ3n) is 4.15. The normalized spacial score (nSPS) is 11.9. The molecule has 11 heteroatoms. The number of sulfonamides is 1. The Labute approximate surface area is 169 Å². The molecular weight excluding hydrogens is 423 g/mol. The van der Waals surface area contributed by atoms with E-state index in [0.29, 0.717) is 6.07 Å². The number of nitrogens with zero attached hydrogens (tertiary/aromatic N) is 1. The lowest BCUT2D eigenvalue weighted by molar-refractivity contribution is -0.136. The highest BCUT2D eigenvalue weighted by molar-refractivity contribution is 7.92. The average molecular weight is 439 g/mol. The molecule has 0 aliphatic rings. The lowest BCUT2D eigenvalue weighted by Crippen LogP contribution is -2.18. The van der Waals surface area contributed by atoms with Crippen molar-refractivity contribution in [1.82, 2.24) is 5.16 Å². The van der Waals surface area contributed by atoms with Crippen molar-refractivity contribution in [3.8, 4) is 0 Å². The molecule has 0 saturated heterocycles. The predicted octanol–water partition coefficient (Wildman–Crippen LogP) is 4.36. The lowest BCUT2D eigenvalue weighted by Gasteiger charge is -2.16. The second kappa shape index (κ2) is 7.82. The Morgan fingerprint density at radius 1 is 1.07 bits per heavy atom. The van der Waals surface area contributed by atoms with Gasteiger partial charge in [0.2, 0.25) is 0 Å². The van der Waals surface area contributed by atoms with Crippen LogP contribution in [0.25, 0.3) is 0 Å². The van der Waals surface area contributed by atoms with Gasteiger partial charge in [-0.2, -0.15) is 13.2 Å². The number of alkyl halides is 3. The number of hydrogen-bond acceptors (Lipinski definition) is 5. The van der Waals surface area contributed by atoms with Crippen molar-refractivity contribution in [2.45, 2.75) is 24.9 Å². The molecule has 0 saturated carbocycles. The van der Waals surface area contributed by atoms with Crippen molar-refractivity contribution in [3.63, 3.8) is 0 Å². The van der Waals surface area contributed by atoms with Gasteiger partial charge in [-0.25, -0.2) is 8.42 Å². The molecule has 2 N–H and O–H groups in total. The van der Waals surface area contributed by atoms with Crippen LogP contribution in [0, 0.1) is 13.8 Å². The zero-order chi connectivity index (χ0) is 22.1. The number of aromatic nitrogens is 1. The predicted molar refractivity (Wildman–Crippen MR) is 103 cm³/mol. The van der Waals surface area contributed by atoms with Gasteiger partial charge in [-0.1, -0.05) is 22.9 Å². The Morgan fingerprint density at radius 3 is 2.30 bits per heavy atom. The molecule has 0 fully saturated rings. The average Bonchev–Trinajstić information content (AvgIpc) is 3.08. The molecule has 0 unspecified atom stereocenters. The number of benzene rings is 2. The van der Waals surface area contributed by atoms with Gasteiger partial charge in [-0.05, 0) is 44.2 Å². The van der Waals surface area contributed by atoms with Gasteiger partial charge in [0.25, 0.3) is 15.9 Å². The molecule has 0 atom stereocenters. The van der Waals surface area contributed by atoms with E-state index in [4.69, 9.17) is 4.52 Å². The van der Waals surface area contributed by atoms with Gasteiger partial charge in [0.1, 0.15) is 11.3 Å². The van der Waals surface area contributed by atoms with Gasteiger partial charge in [0.15, 0.2) is 0 Å². The largest absolute Gasteiger partial charge is 0.418 e. The van der Waals surface area contributed by atoms with Gasteiger partial charge < -0.3 is 9.84 Å². The number of aryl methyl sites for hydroxylation is 2. The van der Waals surface area contributed by atoms with Gasteiger partial charge in [-0.15, -0.1) is 0 Å². The van der Waals surface area contributed by atoms with Crippen molar-refractivity contribution < 1.29 is 30.9 Å². The molecule has 1 heterocycles. The Hall–Kier alpha value is -3.34. The SMILES string of the molecule is Cc1ccc(S(=O)(=O)Nc2ccc(NC(=O)c3cnoc3C)cc2C(F)(F)F)cc1. The molecule has 0 spiro atoms. The summed E-state index contributed by atoms with van der Waals surface area (Å²) in [7, 11) is -4.25. The molecule has 0 aliphatic heterocycles. The van der Waals surface area contributed by atoms with Gasteiger partial charge >= 0.3 is 6.18 Å². The fraction of sp³-hybridized carbons (Fsp3) is 0.158. The molecule has 3 aromatic rings. The molecule has 0 aliphatic carbocycles. The second-order valence-electron chi connectivity index (χ2n) is 6.43. The van der Waals surface area contributed by atoms with Gasteiger partial charge in [0.05, 0.1) is 22.3 Å². The summed E-state index contributed by atoms with van der Waals surface area (Å²) >= 11 is 0. The number of anilines is 2. The summed E-state index contributed by atoms with van der Waals surface area (Å²) in [6.07, 6.45) is -3.74. The fourth-order valence-electron chi connectivity index (χ4n) is 2.58. The van der Waals surface area contributed by atoms with Crippen LogP contribution in [0.1, 0.15) is 27.2 Å². The molecule has 3 rings (SSSR count). The smallest absolute Gasteiger partial charge is 0.361 e. The first-order valence-electron chi connectivity index (χ1n) is 8.51. The van der Waals surface area contributed by atoms with Crippen LogP contribution in [0.5, 0.6) is 0 Å². The minimum absolute atomic E-state index is 0.0627. The van der Waals surface area contributed by atoms with E-state index in [2.05, 4.69) is 10.5 Å². The summed E-state index contributed by atoms with van der Waals surface area (Å²) in [5.41, 5.74) is -1.23. The zero-order valence-electron chi connectivity index (χ0n) is 15.7. The highest BCUT2D eigenvalue weighted by Crippen LogP contribution is 2.37. The van der Waals surface area contributed by atoms with E-state index in [1.807, 2.05) is 4.72 Å². The maximum Gasteiger partial charge on any atom is 0.418 e. The minimum Gasteiger partial charge on any atom is -0.361 e. The number of nitrogens with one attached hydrogen (secondary N) is 2. The number of carbonyl (C=O) groups excluding carboxylic acids is 1. The summed E-state index contributed by atoms with van der Waals surface area (Å²) in [5, 5.41) is 5.75. The van der Waals surface area contributed by atoms with Crippen LogP contribution in [0.15, 0.2) is 58.1 Å². The first kappa shape index (κ1) is 21.4. The number of hydrogen-bond donors (Lipinski definition) is 2. The Bertz CT molecular complexity index is 1190. The van der Waals surface area contributed by atoms with Crippen LogP contribution < -0.4 is 10.0 Å². The van der Waals surface area contributed by atoms with Crippen LogP contribution in [0.3, 0.4) is 0 Å². The van der Waals surface area contributed by atoms with Crippen LogP contribution in [0.2, 0.25) is 0 Å². The molecular formula is C19H16F3N3O4S. The number of amides is 1. The molecule has 1 amide bonds. The van der Waals surface area contributed by atoms with E-state index in [-0.39, 0.29) is 21.9 Å². The molecule has 158 valence electrons. The van der Waals surface area contributed by atoms with Crippen molar-refractivity contribution in [2.75, 3.05) is 10.0 Å². The third-order valence-corrected chi connectivity index (χ3v) is 5.54. The van der Waals surface area contributed by atoms with E-state index in [0.717, 1.165) is 23.9 Å².